The van der Waals surface area contributed by atoms with Crippen molar-refractivity contribution in [3.8, 4) is 22.0 Å². The highest BCUT2D eigenvalue weighted by atomic mass is 32.1. The summed E-state index contributed by atoms with van der Waals surface area (Å²) in [4.78, 5) is 42.4. The molecule has 246 valence electrons. The van der Waals surface area contributed by atoms with Gasteiger partial charge in [-0.15, -0.1) is 11.3 Å². The van der Waals surface area contributed by atoms with Gasteiger partial charge in [0.2, 0.25) is 12.7 Å². The minimum Gasteiger partial charge on any atom is -0.432 e. The van der Waals surface area contributed by atoms with E-state index in [4.69, 9.17) is 9.26 Å². The van der Waals surface area contributed by atoms with E-state index in [0.717, 1.165) is 55.6 Å². The molecule has 1 aliphatic rings. The monoisotopic (exact) mass is 681 g/mol. The van der Waals surface area contributed by atoms with Crippen LogP contribution in [0.25, 0.3) is 22.0 Å². The normalized spacial score (nSPS) is 15.1. The second-order valence-electron chi connectivity index (χ2n) is 10.4. The molecule has 0 radical (unpaired) electrons. The number of hydrogen-bond donors (Lipinski definition) is 2. The van der Waals surface area contributed by atoms with Crippen molar-refractivity contribution in [3.05, 3.63) is 53.6 Å². The van der Waals surface area contributed by atoms with Gasteiger partial charge in [0.05, 0.1) is 24.0 Å². The maximum Gasteiger partial charge on any atom is 0.510 e. The van der Waals surface area contributed by atoms with Crippen LogP contribution in [-0.2, 0) is 29.8 Å². The lowest BCUT2D eigenvalue weighted by Gasteiger charge is -2.21. The van der Waals surface area contributed by atoms with Gasteiger partial charge in [0.15, 0.2) is 12.5 Å². The van der Waals surface area contributed by atoms with E-state index in [1.807, 2.05) is 0 Å². The highest BCUT2D eigenvalue weighted by Gasteiger charge is 2.25. The van der Waals surface area contributed by atoms with Crippen LogP contribution in [0.3, 0.4) is 0 Å². The number of carbonyl (C=O) groups is 2. The number of pyridine rings is 1. The van der Waals surface area contributed by atoms with Gasteiger partial charge in [-0.25, -0.2) is 32.9 Å². The molecule has 15 nitrogen and oxygen atoms in total. The summed E-state index contributed by atoms with van der Waals surface area (Å²) in [5.41, 5.74) is 0.345. The SMILES string of the molecule is CC(C)OC(=O)OCOP(=O)(O)OCn1cc(-c2nc(C(=O)Nc3cn(C4CCCCC4)nc3-c3nc(F)ccc3F)cs2)cn1. The first-order valence-electron chi connectivity index (χ1n) is 14.1. The molecule has 0 aliphatic heterocycles. The van der Waals surface area contributed by atoms with E-state index in [1.54, 1.807) is 24.7 Å². The minimum absolute atomic E-state index is 0.000131. The van der Waals surface area contributed by atoms with Crippen LogP contribution in [-0.4, -0.2) is 59.4 Å². The first-order chi connectivity index (χ1) is 22.0. The molecule has 4 aromatic rings. The Kier molecular flexibility index (Phi) is 10.5. The molecule has 2 N–H and O–H groups in total. The van der Waals surface area contributed by atoms with Gasteiger partial charge >= 0.3 is 14.0 Å². The average molecular weight is 682 g/mol. The Morgan fingerprint density at radius 3 is 2.67 bits per heavy atom. The highest BCUT2D eigenvalue weighted by molar-refractivity contribution is 7.47. The molecule has 1 unspecified atom stereocenters. The highest BCUT2D eigenvalue weighted by Crippen LogP contribution is 2.43. The number of ether oxygens (including phenoxy) is 2. The molecule has 1 fully saturated rings. The van der Waals surface area contributed by atoms with Crippen molar-refractivity contribution in [3.63, 3.8) is 0 Å². The molecule has 0 saturated heterocycles. The largest absolute Gasteiger partial charge is 0.510 e. The van der Waals surface area contributed by atoms with Crippen molar-refractivity contribution in [2.75, 3.05) is 12.1 Å². The molecule has 19 heteroatoms. The van der Waals surface area contributed by atoms with Gasteiger partial charge < -0.3 is 19.7 Å². The molecular weight excluding hydrogens is 651 g/mol. The predicted octanol–water partition coefficient (Wildman–Crippen LogP) is 5.91. The zero-order valence-electron chi connectivity index (χ0n) is 24.7. The molecule has 1 atom stereocenters. The third-order valence-corrected chi connectivity index (χ3v) is 8.42. The summed E-state index contributed by atoms with van der Waals surface area (Å²) in [6, 6.07) is 1.91. The molecule has 1 amide bonds. The van der Waals surface area contributed by atoms with Crippen LogP contribution in [0, 0.1) is 11.8 Å². The van der Waals surface area contributed by atoms with Gasteiger partial charge in [-0.05, 0) is 38.8 Å². The van der Waals surface area contributed by atoms with Gasteiger partial charge in [0.25, 0.3) is 5.91 Å². The van der Waals surface area contributed by atoms with E-state index in [1.165, 1.54) is 22.5 Å². The van der Waals surface area contributed by atoms with E-state index in [2.05, 4.69) is 34.7 Å². The number of nitrogens with zero attached hydrogens (tertiary/aromatic N) is 6. The molecule has 5 rings (SSSR count). The summed E-state index contributed by atoms with van der Waals surface area (Å²) in [7, 11) is -4.61. The van der Waals surface area contributed by atoms with Gasteiger partial charge in [-0.1, -0.05) is 19.3 Å². The van der Waals surface area contributed by atoms with Crippen LogP contribution in [0.15, 0.2) is 36.1 Å². The van der Waals surface area contributed by atoms with Crippen LogP contribution >= 0.6 is 19.2 Å². The Morgan fingerprint density at radius 2 is 1.91 bits per heavy atom. The summed E-state index contributed by atoms with van der Waals surface area (Å²) in [5, 5.41) is 13.2. The van der Waals surface area contributed by atoms with Gasteiger partial charge in [0, 0.05) is 23.3 Å². The maximum absolute atomic E-state index is 14.7. The number of phosphoric ester groups is 1. The number of anilines is 1. The Bertz CT molecular complexity index is 1740. The number of phosphoric acid groups is 1. The van der Waals surface area contributed by atoms with E-state index in [9.17, 15) is 27.8 Å². The van der Waals surface area contributed by atoms with Crippen molar-refractivity contribution >= 4 is 36.9 Å². The zero-order valence-corrected chi connectivity index (χ0v) is 26.4. The van der Waals surface area contributed by atoms with E-state index >= 15 is 0 Å². The second-order valence-corrected chi connectivity index (χ2v) is 12.7. The number of halogens is 2. The van der Waals surface area contributed by atoms with Gasteiger partial charge in [0.1, 0.15) is 22.1 Å². The quantitative estimate of drug-likeness (QED) is 0.0782. The molecular formula is C27H30F2N7O8PS. The fourth-order valence-electron chi connectivity index (χ4n) is 4.55. The van der Waals surface area contributed by atoms with Crippen LogP contribution in [0.5, 0.6) is 0 Å². The van der Waals surface area contributed by atoms with Crippen LogP contribution in [0.1, 0.15) is 62.5 Å². The standard InChI is InChI=1S/C27H30F2N7O8PS/c1-16(2)44-27(38)41-15-43-45(39,40)42-14-35-11-17(10-30-35)26-32-21(13-46-26)25(37)31-20-12-36(18-6-4-3-5-7-18)34-24(20)23-19(28)8-9-22(29)33-23/h8-13,16,18H,3-7,14-15H2,1-2H3,(H,31,37)(H,39,40). The van der Waals surface area contributed by atoms with Crippen LogP contribution in [0.2, 0.25) is 0 Å². The molecule has 0 spiro atoms. The molecule has 0 bridgehead atoms. The van der Waals surface area contributed by atoms with E-state index in [0.29, 0.717) is 10.6 Å². The fourth-order valence-corrected chi connectivity index (χ4v) is 5.85. The number of hydrogen-bond acceptors (Lipinski definition) is 12. The first-order valence-corrected chi connectivity index (χ1v) is 16.5. The van der Waals surface area contributed by atoms with Crippen LogP contribution in [0.4, 0.5) is 19.3 Å². The summed E-state index contributed by atoms with van der Waals surface area (Å²) < 4.78 is 62.3. The predicted molar refractivity (Wildman–Crippen MR) is 158 cm³/mol. The number of carbonyl (C=O) groups excluding carboxylic acids is 2. The summed E-state index contributed by atoms with van der Waals surface area (Å²) >= 11 is 1.13. The Hall–Kier alpha value is -4.09. The topological polar surface area (TPSA) is 182 Å². The smallest absolute Gasteiger partial charge is 0.432 e. The van der Waals surface area contributed by atoms with Gasteiger partial charge in [-0.3, -0.25) is 14.0 Å². The van der Waals surface area contributed by atoms with Crippen LogP contribution < -0.4 is 5.32 Å². The third-order valence-electron chi connectivity index (χ3n) is 6.66. The van der Waals surface area contributed by atoms with E-state index < -0.39 is 51.3 Å². The summed E-state index contributed by atoms with van der Waals surface area (Å²) in [6.07, 6.45) is 7.81. The lowest BCUT2D eigenvalue weighted by Crippen LogP contribution is -2.14. The Morgan fingerprint density at radius 1 is 1.13 bits per heavy atom. The van der Waals surface area contributed by atoms with Gasteiger partial charge in [-0.2, -0.15) is 14.6 Å². The minimum atomic E-state index is -4.61. The number of rotatable bonds is 12. The number of nitrogens with one attached hydrogen (secondary N) is 1. The summed E-state index contributed by atoms with van der Waals surface area (Å²) in [6.45, 7) is 1.83. The van der Waals surface area contributed by atoms with Crippen molar-refractivity contribution < 1.29 is 46.3 Å². The fraction of sp³-hybridized carbons (Fsp3) is 0.407. The maximum atomic E-state index is 14.7. The number of thiazole rings is 1. The lowest BCUT2D eigenvalue weighted by molar-refractivity contribution is -0.0223. The second kappa shape index (κ2) is 14.6. The average Bonchev–Trinajstić information content (AvgIpc) is 3.78. The lowest BCUT2D eigenvalue weighted by atomic mass is 9.96. The van der Waals surface area contributed by atoms with Crippen molar-refractivity contribution in [1.82, 2.24) is 29.5 Å². The number of amides is 1. The Balaban J connectivity index is 1.24. The molecule has 4 aromatic heterocycles. The third kappa shape index (κ3) is 8.58. The molecule has 46 heavy (non-hydrogen) atoms. The van der Waals surface area contributed by atoms with Crippen molar-refractivity contribution in [2.45, 2.75) is 64.8 Å². The Labute approximate surface area is 265 Å². The van der Waals surface area contributed by atoms with Crippen molar-refractivity contribution in [1.29, 1.82) is 0 Å². The number of aromatic nitrogens is 6. The zero-order chi connectivity index (χ0) is 32.8. The molecule has 1 saturated carbocycles. The summed E-state index contributed by atoms with van der Waals surface area (Å²) in [5.74, 6) is -2.29. The first kappa shape index (κ1) is 33.3. The van der Waals surface area contributed by atoms with E-state index in [-0.39, 0.29) is 28.8 Å². The molecule has 4 heterocycles. The molecule has 1 aliphatic carbocycles. The van der Waals surface area contributed by atoms with Crippen molar-refractivity contribution in [2.24, 2.45) is 0 Å². The molecule has 0 aromatic carbocycles.